The Labute approximate surface area is 150 Å². The molecule has 0 bridgehead atoms. The van der Waals surface area contributed by atoms with Crippen molar-refractivity contribution in [2.45, 2.75) is 23.8 Å². The lowest BCUT2D eigenvalue weighted by Crippen LogP contribution is -2.38. The first-order chi connectivity index (χ1) is 12.4. The number of H-pyrrole nitrogens is 1. The summed E-state index contributed by atoms with van der Waals surface area (Å²) in [4.78, 5) is 6.25. The monoisotopic (exact) mass is 342 g/mol. The maximum absolute atomic E-state index is 3.61. The van der Waals surface area contributed by atoms with Gasteiger partial charge in [-0.05, 0) is 35.6 Å². The molecule has 0 radical (unpaired) electrons. The second-order valence-electron chi connectivity index (χ2n) is 7.03. The van der Waals surface area contributed by atoms with Crippen molar-refractivity contribution in [1.82, 2.24) is 4.98 Å². The fourth-order valence-corrected chi connectivity index (χ4v) is 5.79. The van der Waals surface area contributed by atoms with Crippen molar-refractivity contribution >= 4 is 39.3 Å². The topological polar surface area (TPSA) is 19.0 Å². The summed E-state index contributed by atoms with van der Waals surface area (Å²) < 4.78 is 0. The van der Waals surface area contributed by atoms with E-state index >= 15 is 0 Å². The summed E-state index contributed by atoms with van der Waals surface area (Å²) in [5.74, 6) is 0.498. The fraction of sp³-hybridized carbons (Fsp3) is 0.182. The highest BCUT2D eigenvalue weighted by molar-refractivity contribution is 8.03. The molecule has 0 saturated heterocycles. The van der Waals surface area contributed by atoms with Crippen LogP contribution in [0.2, 0.25) is 0 Å². The third kappa shape index (κ3) is 1.87. The number of aromatic nitrogens is 1. The number of nitrogens with one attached hydrogen (secondary N) is 1. The first kappa shape index (κ1) is 13.9. The smallest absolute Gasteiger partial charge is 0.0901 e. The molecule has 3 atom stereocenters. The van der Waals surface area contributed by atoms with Gasteiger partial charge in [0.1, 0.15) is 0 Å². The minimum atomic E-state index is 0.452. The predicted octanol–water partition coefficient (Wildman–Crippen LogP) is 5.70. The maximum Gasteiger partial charge on any atom is 0.0901 e. The van der Waals surface area contributed by atoms with E-state index in [2.05, 4.69) is 82.1 Å². The van der Waals surface area contributed by atoms with Crippen LogP contribution in [0.1, 0.15) is 17.9 Å². The molecule has 0 amide bonds. The number of fused-ring (bicyclic) bond motifs is 6. The van der Waals surface area contributed by atoms with Gasteiger partial charge < -0.3 is 9.88 Å². The largest absolute Gasteiger partial charge is 0.354 e. The predicted molar refractivity (Wildman–Crippen MR) is 108 cm³/mol. The highest BCUT2D eigenvalue weighted by Crippen LogP contribution is 2.53. The number of hydrogen-bond donors (Lipinski definition) is 1. The molecule has 3 aromatic rings. The maximum atomic E-state index is 3.61. The number of benzene rings is 2. The molecule has 0 fully saturated rings. The molecule has 2 aromatic carbocycles. The average molecular weight is 342 g/mol. The normalized spacial score (nSPS) is 26.7. The number of thioether (sulfide) groups is 1. The van der Waals surface area contributed by atoms with Gasteiger partial charge in [-0.15, -0.1) is 11.8 Å². The fourth-order valence-electron chi connectivity index (χ4n) is 4.56. The standard InChI is InChI=1S/C22H18N2S/c1-2-6-14(7-3-1)24-21-13-20-17(15-8-4-5-9-19(15)23-20)12-18(21)16-10-11-25-22(16)24/h1-6,8-14,16,22-23H,7H2. The molecule has 1 N–H and O–H groups in total. The second kappa shape index (κ2) is 5.06. The molecular weight excluding hydrogens is 324 g/mol. The molecule has 3 aliphatic rings. The zero-order valence-electron chi connectivity index (χ0n) is 13.7. The zero-order valence-corrected chi connectivity index (χ0v) is 14.5. The lowest BCUT2D eigenvalue weighted by atomic mass is 9.99. The third-order valence-corrected chi connectivity index (χ3v) is 6.80. The Hall–Kier alpha value is -2.39. The van der Waals surface area contributed by atoms with Gasteiger partial charge in [-0.3, -0.25) is 0 Å². The van der Waals surface area contributed by atoms with E-state index in [1.54, 1.807) is 0 Å². The molecule has 0 spiro atoms. The van der Waals surface area contributed by atoms with E-state index < -0.39 is 0 Å². The van der Waals surface area contributed by atoms with Crippen molar-refractivity contribution in [2.24, 2.45) is 0 Å². The Bertz CT molecular complexity index is 1090. The van der Waals surface area contributed by atoms with Crippen LogP contribution >= 0.6 is 11.8 Å². The molecule has 3 heterocycles. The first-order valence-corrected chi connectivity index (χ1v) is 9.82. The van der Waals surface area contributed by atoms with Crippen LogP contribution in [0.3, 0.4) is 0 Å². The van der Waals surface area contributed by atoms with Crippen molar-refractivity contribution in [3.05, 3.63) is 77.7 Å². The third-order valence-electron chi connectivity index (χ3n) is 5.69. The van der Waals surface area contributed by atoms with Gasteiger partial charge in [0.2, 0.25) is 0 Å². The van der Waals surface area contributed by atoms with Crippen LogP contribution < -0.4 is 4.90 Å². The van der Waals surface area contributed by atoms with Gasteiger partial charge in [-0.1, -0.05) is 48.6 Å². The van der Waals surface area contributed by atoms with Crippen LogP contribution in [0.25, 0.3) is 21.8 Å². The molecular formula is C22H18N2S. The molecule has 3 unspecified atom stereocenters. The van der Waals surface area contributed by atoms with Crippen molar-refractivity contribution in [1.29, 1.82) is 0 Å². The highest BCUT2D eigenvalue weighted by Gasteiger charge is 2.42. The molecule has 3 heteroatoms. The van der Waals surface area contributed by atoms with Gasteiger partial charge in [-0.2, -0.15) is 0 Å². The Balaban J connectivity index is 1.60. The average Bonchev–Trinajstić information content (AvgIpc) is 3.32. The highest BCUT2D eigenvalue weighted by atomic mass is 32.2. The van der Waals surface area contributed by atoms with E-state index in [0.29, 0.717) is 17.3 Å². The molecule has 122 valence electrons. The quantitative estimate of drug-likeness (QED) is 0.612. The number of allylic oxidation sites excluding steroid dienone is 2. The molecule has 1 aromatic heterocycles. The SMILES string of the molecule is C1=CCC(N2c3cc4[nH]c5ccccc5c4cc3C3C=CSC32)C=C1. The minimum absolute atomic E-state index is 0.452. The van der Waals surface area contributed by atoms with E-state index in [0.717, 1.165) is 6.42 Å². The van der Waals surface area contributed by atoms with E-state index in [1.807, 2.05) is 11.8 Å². The lowest BCUT2D eigenvalue weighted by Gasteiger charge is -2.33. The molecule has 25 heavy (non-hydrogen) atoms. The Kier molecular flexibility index (Phi) is 2.80. The van der Waals surface area contributed by atoms with Crippen LogP contribution in [-0.4, -0.2) is 16.4 Å². The number of aromatic amines is 1. The van der Waals surface area contributed by atoms with Crippen molar-refractivity contribution < 1.29 is 0 Å². The van der Waals surface area contributed by atoms with Gasteiger partial charge in [0.25, 0.3) is 0 Å². The van der Waals surface area contributed by atoms with Crippen molar-refractivity contribution in [2.75, 3.05) is 4.90 Å². The van der Waals surface area contributed by atoms with Crippen LogP contribution in [0.5, 0.6) is 0 Å². The summed E-state index contributed by atoms with van der Waals surface area (Å²) >= 11 is 1.96. The Morgan fingerprint density at radius 1 is 1.00 bits per heavy atom. The number of hydrogen-bond acceptors (Lipinski definition) is 2. The number of nitrogens with zero attached hydrogens (tertiary/aromatic N) is 1. The summed E-state index contributed by atoms with van der Waals surface area (Å²) in [5, 5.41) is 5.45. The van der Waals surface area contributed by atoms with Gasteiger partial charge in [0.05, 0.1) is 11.4 Å². The number of para-hydroxylation sites is 1. The molecule has 1 aliphatic carbocycles. The van der Waals surface area contributed by atoms with E-state index in [-0.39, 0.29) is 0 Å². The van der Waals surface area contributed by atoms with Crippen LogP contribution in [-0.2, 0) is 0 Å². The minimum Gasteiger partial charge on any atom is -0.354 e. The summed E-state index contributed by atoms with van der Waals surface area (Å²) in [6.07, 6.45) is 12.5. The van der Waals surface area contributed by atoms with E-state index in [4.69, 9.17) is 0 Å². The van der Waals surface area contributed by atoms with Crippen molar-refractivity contribution in [3.8, 4) is 0 Å². The number of rotatable bonds is 1. The first-order valence-electron chi connectivity index (χ1n) is 8.88. The number of anilines is 1. The van der Waals surface area contributed by atoms with Crippen LogP contribution in [0.4, 0.5) is 5.69 Å². The van der Waals surface area contributed by atoms with Crippen LogP contribution in [0, 0.1) is 0 Å². The van der Waals surface area contributed by atoms with E-state index in [1.165, 1.54) is 33.1 Å². The zero-order chi connectivity index (χ0) is 16.4. The lowest BCUT2D eigenvalue weighted by molar-refractivity contribution is 0.667. The van der Waals surface area contributed by atoms with Crippen molar-refractivity contribution in [3.63, 3.8) is 0 Å². The van der Waals surface area contributed by atoms with Gasteiger partial charge >= 0.3 is 0 Å². The summed E-state index contributed by atoms with van der Waals surface area (Å²) in [5.41, 5.74) is 5.35. The van der Waals surface area contributed by atoms with Crippen LogP contribution in [0.15, 0.2) is 72.2 Å². The second-order valence-corrected chi connectivity index (χ2v) is 8.06. The molecule has 0 saturated carbocycles. The summed E-state index contributed by atoms with van der Waals surface area (Å²) in [6.45, 7) is 0. The molecule has 2 nitrogen and oxygen atoms in total. The van der Waals surface area contributed by atoms with Gasteiger partial charge in [-0.25, -0.2) is 0 Å². The summed E-state index contributed by atoms with van der Waals surface area (Å²) in [6, 6.07) is 13.9. The van der Waals surface area contributed by atoms with Gasteiger partial charge in [0, 0.05) is 33.4 Å². The molecule has 2 aliphatic heterocycles. The Morgan fingerprint density at radius 3 is 2.88 bits per heavy atom. The molecule has 6 rings (SSSR count). The summed E-state index contributed by atoms with van der Waals surface area (Å²) in [7, 11) is 0. The Morgan fingerprint density at radius 2 is 1.96 bits per heavy atom. The van der Waals surface area contributed by atoms with E-state index in [9.17, 15) is 0 Å². The van der Waals surface area contributed by atoms with Gasteiger partial charge in [0.15, 0.2) is 0 Å².